The van der Waals surface area contributed by atoms with E-state index in [4.69, 9.17) is 4.74 Å². The second-order valence-electron chi connectivity index (χ2n) is 6.00. The van der Waals surface area contributed by atoms with Crippen molar-refractivity contribution in [2.45, 2.75) is 27.7 Å². The maximum absolute atomic E-state index is 12.6. The minimum absolute atomic E-state index is 0.289. The number of rotatable bonds is 5. The number of thiazole rings is 1. The zero-order chi connectivity index (χ0) is 19.6. The first-order valence-corrected chi connectivity index (χ1v) is 9.30. The van der Waals surface area contributed by atoms with Crippen LogP contribution in [0.1, 0.15) is 44.0 Å². The first kappa shape index (κ1) is 18.8. The van der Waals surface area contributed by atoms with Crippen LogP contribution >= 0.6 is 11.3 Å². The Labute approximate surface area is 161 Å². The Balaban J connectivity index is 1.81. The molecule has 0 aliphatic heterocycles. The summed E-state index contributed by atoms with van der Waals surface area (Å²) >= 11 is 1.10. The van der Waals surface area contributed by atoms with Gasteiger partial charge in [-0.15, -0.1) is 0 Å². The van der Waals surface area contributed by atoms with Crippen molar-refractivity contribution in [1.29, 1.82) is 0 Å². The number of anilines is 1. The number of carbonyl (C=O) groups is 2. The summed E-state index contributed by atoms with van der Waals surface area (Å²) in [5.41, 5.74) is 3.71. The molecule has 0 unspecified atom stereocenters. The molecule has 0 saturated carbocycles. The standard InChI is InChI=1S/C19H20N4O3S/c1-5-26-18(25)16-13(4)20-19(27-16)21-17(24)14-7-6-8-15(10-14)23-12(3)9-11(2)22-23/h6-10H,5H2,1-4H3,(H,20,21,24). The third-order valence-electron chi connectivity index (χ3n) is 3.84. The average Bonchev–Trinajstić information content (AvgIpc) is 3.16. The Bertz CT molecular complexity index is 1010. The number of ether oxygens (including phenoxy) is 1. The fourth-order valence-electron chi connectivity index (χ4n) is 2.67. The van der Waals surface area contributed by atoms with Gasteiger partial charge in [-0.1, -0.05) is 17.4 Å². The van der Waals surface area contributed by atoms with Crippen LogP contribution < -0.4 is 5.32 Å². The van der Waals surface area contributed by atoms with Gasteiger partial charge in [0, 0.05) is 11.3 Å². The summed E-state index contributed by atoms with van der Waals surface area (Å²) in [7, 11) is 0. The molecule has 0 bridgehead atoms. The first-order valence-electron chi connectivity index (χ1n) is 8.48. The fourth-order valence-corrected chi connectivity index (χ4v) is 3.53. The van der Waals surface area contributed by atoms with Crippen LogP contribution in [0.15, 0.2) is 30.3 Å². The molecular formula is C19H20N4O3S. The summed E-state index contributed by atoms with van der Waals surface area (Å²) in [5, 5.41) is 7.54. The molecule has 3 rings (SSSR count). The fraction of sp³-hybridized carbons (Fsp3) is 0.263. The SMILES string of the molecule is CCOC(=O)c1sc(NC(=O)c2cccc(-n3nc(C)cc3C)c2)nc1C. The zero-order valence-electron chi connectivity index (χ0n) is 15.6. The molecule has 0 radical (unpaired) electrons. The lowest BCUT2D eigenvalue weighted by Crippen LogP contribution is -2.12. The van der Waals surface area contributed by atoms with E-state index >= 15 is 0 Å². The van der Waals surface area contributed by atoms with Crippen LogP contribution in [0, 0.1) is 20.8 Å². The molecule has 2 heterocycles. The predicted octanol–water partition coefficient (Wildman–Crippen LogP) is 3.68. The maximum atomic E-state index is 12.6. The lowest BCUT2D eigenvalue weighted by molar-refractivity contribution is 0.0531. The van der Waals surface area contributed by atoms with Crippen molar-refractivity contribution >= 4 is 28.3 Å². The number of nitrogens with zero attached hydrogens (tertiary/aromatic N) is 3. The van der Waals surface area contributed by atoms with Crippen LogP contribution in [0.3, 0.4) is 0 Å². The zero-order valence-corrected chi connectivity index (χ0v) is 16.4. The summed E-state index contributed by atoms with van der Waals surface area (Å²) in [6, 6.07) is 9.15. The normalized spacial score (nSPS) is 10.7. The summed E-state index contributed by atoms with van der Waals surface area (Å²) in [5.74, 6) is -0.734. The van der Waals surface area contributed by atoms with Gasteiger partial charge in [0.1, 0.15) is 4.88 Å². The second-order valence-corrected chi connectivity index (χ2v) is 7.00. The number of carbonyl (C=O) groups excluding carboxylic acids is 2. The van der Waals surface area contributed by atoms with Gasteiger partial charge in [0.15, 0.2) is 5.13 Å². The van der Waals surface area contributed by atoms with Gasteiger partial charge in [-0.25, -0.2) is 14.5 Å². The van der Waals surface area contributed by atoms with E-state index in [0.717, 1.165) is 28.4 Å². The van der Waals surface area contributed by atoms with E-state index in [9.17, 15) is 9.59 Å². The van der Waals surface area contributed by atoms with E-state index in [2.05, 4.69) is 15.4 Å². The van der Waals surface area contributed by atoms with E-state index in [1.807, 2.05) is 26.0 Å². The van der Waals surface area contributed by atoms with Crippen molar-refractivity contribution in [3.05, 3.63) is 57.9 Å². The molecule has 140 valence electrons. The molecule has 0 saturated heterocycles. The molecule has 8 heteroatoms. The highest BCUT2D eigenvalue weighted by Crippen LogP contribution is 2.24. The van der Waals surface area contributed by atoms with Crippen molar-refractivity contribution in [3.8, 4) is 5.69 Å². The number of hydrogen-bond acceptors (Lipinski definition) is 6. The van der Waals surface area contributed by atoms with Gasteiger partial charge in [0.2, 0.25) is 0 Å². The molecule has 27 heavy (non-hydrogen) atoms. The van der Waals surface area contributed by atoms with E-state index in [1.54, 1.807) is 36.7 Å². The van der Waals surface area contributed by atoms with Crippen molar-refractivity contribution in [1.82, 2.24) is 14.8 Å². The highest BCUT2D eigenvalue weighted by atomic mass is 32.1. The number of aryl methyl sites for hydroxylation is 3. The minimum atomic E-state index is -0.431. The Morgan fingerprint density at radius 3 is 2.67 bits per heavy atom. The van der Waals surface area contributed by atoms with Crippen molar-refractivity contribution < 1.29 is 14.3 Å². The van der Waals surface area contributed by atoms with Crippen LogP contribution in [0.25, 0.3) is 5.69 Å². The molecule has 7 nitrogen and oxygen atoms in total. The smallest absolute Gasteiger partial charge is 0.350 e. The molecule has 0 aliphatic carbocycles. The highest BCUT2D eigenvalue weighted by molar-refractivity contribution is 7.17. The quantitative estimate of drug-likeness (QED) is 0.678. The monoisotopic (exact) mass is 384 g/mol. The molecule has 3 aromatic rings. The Hall–Kier alpha value is -3.00. The molecule has 0 aliphatic rings. The Morgan fingerprint density at radius 1 is 1.22 bits per heavy atom. The van der Waals surface area contributed by atoms with E-state index < -0.39 is 5.97 Å². The largest absolute Gasteiger partial charge is 0.462 e. The number of amides is 1. The van der Waals surface area contributed by atoms with E-state index in [-0.39, 0.29) is 12.5 Å². The van der Waals surface area contributed by atoms with E-state index in [0.29, 0.717) is 21.3 Å². The third kappa shape index (κ3) is 4.06. The van der Waals surface area contributed by atoms with Gasteiger partial charge in [-0.05, 0) is 52.0 Å². The van der Waals surface area contributed by atoms with Crippen LogP contribution in [0.5, 0.6) is 0 Å². The first-order chi connectivity index (χ1) is 12.9. The van der Waals surface area contributed by atoms with Crippen LogP contribution in [-0.4, -0.2) is 33.2 Å². The van der Waals surface area contributed by atoms with Gasteiger partial charge in [-0.2, -0.15) is 5.10 Å². The van der Waals surface area contributed by atoms with Crippen LogP contribution in [0.4, 0.5) is 5.13 Å². The number of nitrogens with one attached hydrogen (secondary N) is 1. The van der Waals surface area contributed by atoms with Crippen LogP contribution in [-0.2, 0) is 4.74 Å². The molecule has 0 fully saturated rings. The van der Waals surface area contributed by atoms with Crippen molar-refractivity contribution in [3.63, 3.8) is 0 Å². The highest BCUT2D eigenvalue weighted by Gasteiger charge is 2.18. The van der Waals surface area contributed by atoms with Gasteiger partial charge in [0.05, 0.1) is 23.7 Å². The van der Waals surface area contributed by atoms with Gasteiger partial charge < -0.3 is 4.74 Å². The van der Waals surface area contributed by atoms with Gasteiger partial charge in [-0.3, -0.25) is 10.1 Å². The molecular weight excluding hydrogens is 364 g/mol. The average molecular weight is 384 g/mol. The Morgan fingerprint density at radius 2 is 2.00 bits per heavy atom. The summed E-state index contributed by atoms with van der Waals surface area (Å²) in [6.45, 7) is 7.62. The maximum Gasteiger partial charge on any atom is 0.350 e. The Kier molecular flexibility index (Phi) is 5.36. The molecule has 1 amide bonds. The molecule has 0 atom stereocenters. The molecule has 0 spiro atoms. The predicted molar refractivity (Wildman–Crippen MR) is 104 cm³/mol. The van der Waals surface area contributed by atoms with Crippen molar-refractivity contribution in [2.75, 3.05) is 11.9 Å². The van der Waals surface area contributed by atoms with E-state index in [1.165, 1.54) is 0 Å². The second kappa shape index (κ2) is 7.71. The number of benzene rings is 1. The van der Waals surface area contributed by atoms with Crippen LogP contribution in [0.2, 0.25) is 0 Å². The molecule has 1 N–H and O–H groups in total. The topological polar surface area (TPSA) is 86.1 Å². The summed E-state index contributed by atoms with van der Waals surface area (Å²) in [6.07, 6.45) is 0. The summed E-state index contributed by atoms with van der Waals surface area (Å²) in [4.78, 5) is 29.1. The van der Waals surface area contributed by atoms with Crippen molar-refractivity contribution in [2.24, 2.45) is 0 Å². The minimum Gasteiger partial charge on any atom is -0.462 e. The number of hydrogen-bond donors (Lipinski definition) is 1. The lowest BCUT2D eigenvalue weighted by Gasteiger charge is -2.07. The lowest BCUT2D eigenvalue weighted by atomic mass is 10.2. The molecule has 1 aromatic carbocycles. The summed E-state index contributed by atoms with van der Waals surface area (Å²) < 4.78 is 6.79. The number of esters is 1. The third-order valence-corrected chi connectivity index (χ3v) is 4.89. The van der Waals surface area contributed by atoms with Gasteiger partial charge in [0.25, 0.3) is 5.91 Å². The van der Waals surface area contributed by atoms with Gasteiger partial charge >= 0.3 is 5.97 Å². The molecule has 2 aromatic heterocycles. The number of aromatic nitrogens is 3.